The maximum atomic E-state index is 11.8. The van der Waals surface area contributed by atoms with Crippen molar-refractivity contribution >= 4 is 5.97 Å². The minimum atomic E-state index is -0.505. The SMILES string of the molecule is Cc1ccc(OC(=O)COc2ccccc2C#N)c(C)c1. The molecule has 0 saturated heterocycles. The number of nitrogens with zero attached hydrogens (tertiary/aromatic N) is 1. The lowest BCUT2D eigenvalue weighted by Gasteiger charge is -2.09. The van der Waals surface area contributed by atoms with Crippen molar-refractivity contribution in [3.05, 3.63) is 59.2 Å². The summed E-state index contributed by atoms with van der Waals surface area (Å²) in [5.41, 5.74) is 2.38. The molecule has 0 radical (unpaired) electrons. The maximum Gasteiger partial charge on any atom is 0.349 e. The molecule has 0 aliphatic carbocycles. The molecule has 0 amide bonds. The predicted molar refractivity (Wildman–Crippen MR) is 78.2 cm³/mol. The van der Waals surface area contributed by atoms with E-state index in [0.717, 1.165) is 11.1 Å². The number of rotatable bonds is 4. The fraction of sp³-hybridized carbons (Fsp3) is 0.176. The normalized spacial score (nSPS) is 9.76. The Balaban J connectivity index is 1.98. The van der Waals surface area contributed by atoms with Gasteiger partial charge in [-0.25, -0.2) is 4.79 Å². The fourth-order valence-electron chi connectivity index (χ4n) is 1.89. The van der Waals surface area contributed by atoms with E-state index < -0.39 is 5.97 Å². The summed E-state index contributed by atoms with van der Waals surface area (Å²) in [4.78, 5) is 11.8. The van der Waals surface area contributed by atoms with Crippen LogP contribution >= 0.6 is 0 Å². The van der Waals surface area contributed by atoms with Gasteiger partial charge in [0.1, 0.15) is 17.6 Å². The molecule has 4 nitrogen and oxygen atoms in total. The summed E-state index contributed by atoms with van der Waals surface area (Å²) in [7, 11) is 0. The van der Waals surface area contributed by atoms with Crippen LogP contribution in [0.5, 0.6) is 11.5 Å². The summed E-state index contributed by atoms with van der Waals surface area (Å²) in [6.45, 7) is 3.61. The molecular formula is C17H15NO3. The highest BCUT2D eigenvalue weighted by atomic mass is 16.6. The first kappa shape index (κ1) is 14.6. The molecule has 0 heterocycles. The molecule has 0 atom stereocenters. The van der Waals surface area contributed by atoms with E-state index in [-0.39, 0.29) is 6.61 Å². The lowest BCUT2D eigenvalue weighted by molar-refractivity contribution is -0.136. The van der Waals surface area contributed by atoms with Crippen LogP contribution in [0.1, 0.15) is 16.7 Å². The Morgan fingerprint density at radius 2 is 1.90 bits per heavy atom. The number of nitriles is 1. The van der Waals surface area contributed by atoms with E-state index in [4.69, 9.17) is 14.7 Å². The van der Waals surface area contributed by atoms with Crippen molar-refractivity contribution in [2.24, 2.45) is 0 Å². The quantitative estimate of drug-likeness (QED) is 0.638. The van der Waals surface area contributed by atoms with Gasteiger partial charge in [-0.3, -0.25) is 0 Å². The van der Waals surface area contributed by atoms with Gasteiger partial charge in [0.2, 0.25) is 0 Å². The predicted octanol–water partition coefficient (Wildman–Crippen LogP) is 3.16. The zero-order valence-electron chi connectivity index (χ0n) is 11.9. The monoisotopic (exact) mass is 281 g/mol. The van der Waals surface area contributed by atoms with Crippen LogP contribution in [0.15, 0.2) is 42.5 Å². The minimum absolute atomic E-state index is 0.244. The van der Waals surface area contributed by atoms with Gasteiger partial charge in [0, 0.05) is 0 Å². The Morgan fingerprint density at radius 1 is 1.14 bits per heavy atom. The molecule has 0 aliphatic rings. The molecule has 0 saturated carbocycles. The molecule has 2 aromatic rings. The number of carbonyl (C=O) groups excluding carboxylic acids is 1. The average molecular weight is 281 g/mol. The largest absolute Gasteiger partial charge is 0.481 e. The first-order valence-electron chi connectivity index (χ1n) is 6.50. The van der Waals surface area contributed by atoms with Crippen molar-refractivity contribution < 1.29 is 14.3 Å². The number of benzene rings is 2. The van der Waals surface area contributed by atoms with Crippen LogP contribution in [0, 0.1) is 25.2 Å². The van der Waals surface area contributed by atoms with E-state index in [0.29, 0.717) is 17.1 Å². The molecule has 2 aromatic carbocycles. The van der Waals surface area contributed by atoms with Gasteiger partial charge < -0.3 is 9.47 Å². The lowest BCUT2D eigenvalue weighted by Crippen LogP contribution is -2.18. The molecule has 106 valence electrons. The van der Waals surface area contributed by atoms with Gasteiger partial charge in [0.15, 0.2) is 6.61 Å². The summed E-state index contributed by atoms with van der Waals surface area (Å²) < 4.78 is 10.6. The number of aryl methyl sites for hydroxylation is 2. The molecule has 0 fully saturated rings. The average Bonchev–Trinajstić information content (AvgIpc) is 2.48. The second kappa shape index (κ2) is 6.58. The zero-order chi connectivity index (χ0) is 15.2. The van der Waals surface area contributed by atoms with Crippen molar-refractivity contribution in [1.29, 1.82) is 5.26 Å². The number of ether oxygens (including phenoxy) is 2. The highest BCUT2D eigenvalue weighted by molar-refractivity contribution is 5.74. The van der Waals surface area contributed by atoms with Crippen LogP contribution < -0.4 is 9.47 Å². The molecule has 0 N–H and O–H groups in total. The van der Waals surface area contributed by atoms with Gasteiger partial charge in [0.05, 0.1) is 5.56 Å². The Labute approximate surface area is 123 Å². The Hall–Kier alpha value is -2.80. The van der Waals surface area contributed by atoms with E-state index in [9.17, 15) is 4.79 Å². The molecule has 0 aliphatic heterocycles. The summed E-state index contributed by atoms with van der Waals surface area (Å²) >= 11 is 0. The highest BCUT2D eigenvalue weighted by Crippen LogP contribution is 2.20. The van der Waals surface area contributed by atoms with E-state index >= 15 is 0 Å². The maximum absolute atomic E-state index is 11.8. The lowest BCUT2D eigenvalue weighted by atomic mass is 10.1. The van der Waals surface area contributed by atoms with Crippen LogP contribution in [0.3, 0.4) is 0 Å². The van der Waals surface area contributed by atoms with Crippen molar-refractivity contribution in [1.82, 2.24) is 0 Å². The number of para-hydroxylation sites is 1. The van der Waals surface area contributed by atoms with Crippen molar-refractivity contribution in [2.75, 3.05) is 6.61 Å². The summed E-state index contributed by atoms with van der Waals surface area (Å²) in [5, 5.41) is 8.94. The smallest absolute Gasteiger partial charge is 0.349 e. The molecule has 4 heteroatoms. The van der Waals surface area contributed by atoms with Crippen LogP contribution in [0.2, 0.25) is 0 Å². The van der Waals surface area contributed by atoms with Crippen LogP contribution in [0.4, 0.5) is 0 Å². The van der Waals surface area contributed by atoms with Gasteiger partial charge in [-0.1, -0.05) is 29.8 Å². The third kappa shape index (κ3) is 3.83. The zero-order valence-corrected chi connectivity index (χ0v) is 11.9. The van der Waals surface area contributed by atoms with Gasteiger partial charge in [-0.2, -0.15) is 5.26 Å². The third-order valence-electron chi connectivity index (χ3n) is 2.91. The van der Waals surface area contributed by atoms with Crippen LogP contribution in [-0.4, -0.2) is 12.6 Å². The molecular weight excluding hydrogens is 266 g/mol. The molecule has 0 bridgehead atoms. The van der Waals surface area contributed by atoms with E-state index in [2.05, 4.69) is 0 Å². The molecule has 2 rings (SSSR count). The van der Waals surface area contributed by atoms with E-state index in [1.165, 1.54) is 0 Å². The molecule has 0 aromatic heterocycles. The van der Waals surface area contributed by atoms with Crippen molar-refractivity contribution in [2.45, 2.75) is 13.8 Å². The highest BCUT2D eigenvalue weighted by Gasteiger charge is 2.10. The van der Waals surface area contributed by atoms with Crippen LogP contribution in [0.25, 0.3) is 0 Å². The minimum Gasteiger partial charge on any atom is -0.481 e. The Morgan fingerprint density at radius 3 is 2.62 bits per heavy atom. The van der Waals surface area contributed by atoms with Gasteiger partial charge in [0.25, 0.3) is 0 Å². The Bertz CT molecular complexity index is 701. The molecule has 0 unspecified atom stereocenters. The topological polar surface area (TPSA) is 59.3 Å². The first-order chi connectivity index (χ1) is 10.1. The van der Waals surface area contributed by atoms with Crippen molar-refractivity contribution in [3.63, 3.8) is 0 Å². The number of hydrogen-bond donors (Lipinski definition) is 0. The number of carbonyl (C=O) groups is 1. The van der Waals surface area contributed by atoms with Gasteiger partial charge in [-0.15, -0.1) is 0 Å². The van der Waals surface area contributed by atoms with E-state index in [1.807, 2.05) is 32.0 Å². The summed E-state index contributed by atoms with van der Waals surface area (Å²) in [6, 6.07) is 14.3. The van der Waals surface area contributed by atoms with E-state index in [1.54, 1.807) is 30.3 Å². The first-order valence-corrected chi connectivity index (χ1v) is 6.50. The standard InChI is InChI=1S/C17H15NO3/c1-12-7-8-15(13(2)9-12)21-17(19)11-20-16-6-4-3-5-14(16)10-18/h3-9H,11H2,1-2H3. The van der Waals surface area contributed by atoms with Gasteiger partial charge in [-0.05, 0) is 37.6 Å². The van der Waals surface area contributed by atoms with Crippen LogP contribution in [-0.2, 0) is 4.79 Å². The summed E-state index contributed by atoms with van der Waals surface area (Å²) in [6.07, 6.45) is 0. The van der Waals surface area contributed by atoms with Crippen molar-refractivity contribution in [3.8, 4) is 17.6 Å². The second-order valence-electron chi connectivity index (χ2n) is 4.64. The third-order valence-corrected chi connectivity index (χ3v) is 2.91. The Kier molecular flexibility index (Phi) is 4.57. The second-order valence-corrected chi connectivity index (χ2v) is 4.64. The molecule has 21 heavy (non-hydrogen) atoms. The van der Waals surface area contributed by atoms with Gasteiger partial charge >= 0.3 is 5.97 Å². The summed E-state index contributed by atoms with van der Waals surface area (Å²) in [5.74, 6) is 0.384. The fourth-order valence-corrected chi connectivity index (χ4v) is 1.89. The number of hydrogen-bond acceptors (Lipinski definition) is 4. The molecule has 0 spiro atoms. The number of esters is 1.